The lowest BCUT2D eigenvalue weighted by Gasteiger charge is -2.28. The molecule has 0 aliphatic heterocycles. The number of aryl methyl sites for hydroxylation is 1. The number of nitrogens with zero attached hydrogens (tertiary/aromatic N) is 1. The van der Waals surface area contributed by atoms with Crippen molar-refractivity contribution < 1.29 is 13.2 Å². The third-order valence-corrected chi connectivity index (χ3v) is 6.12. The molecule has 8 heteroatoms. The summed E-state index contributed by atoms with van der Waals surface area (Å²) in [6.07, 6.45) is 0.479. The Morgan fingerprint density at radius 3 is 2.46 bits per heavy atom. The number of ether oxygens (including phenoxy) is 1. The van der Waals surface area contributed by atoms with E-state index in [0.717, 1.165) is 17.5 Å². The minimum atomic E-state index is -3.75. The smallest absolute Gasteiger partial charge is 0.238 e. The highest BCUT2D eigenvalue weighted by molar-refractivity contribution is 7.89. The van der Waals surface area contributed by atoms with Crippen LogP contribution in [-0.4, -0.2) is 33.5 Å². The van der Waals surface area contributed by atoms with Gasteiger partial charge in [0.05, 0.1) is 10.9 Å². The number of rotatable bonds is 4. The topological polar surface area (TPSA) is 72.6 Å². The highest BCUT2D eigenvalue weighted by Crippen LogP contribution is 2.42. The molecule has 0 saturated heterocycles. The van der Waals surface area contributed by atoms with Crippen molar-refractivity contribution in [3.63, 3.8) is 0 Å². The summed E-state index contributed by atoms with van der Waals surface area (Å²) in [4.78, 5) is 2.15. The predicted octanol–water partition coefficient (Wildman–Crippen LogP) is 3.56. The van der Waals surface area contributed by atoms with Gasteiger partial charge in [0.25, 0.3) is 0 Å². The van der Waals surface area contributed by atoms with E-state index in [1.807, 2.05) is 20.2 Å². The largest absolute Gasteiger partial charge is 0.484 e. The molecule has 0 saturated carbocycles. The average Bonchev–Trinajstić information content (AvgIpc) is 2.87. The molecule has 2 N–H and O–H groups in total. The van der Waals surface area contributed by atoms with Gasteiger partial charge in [0.1, 0.15) is 11.9 Å². The van der Waals surface area contributed by atoms with Crippen molar-refractivity contribution in [1.29, 1.82) is 0 Å². The van der Waals surface area contributed by atoms with Gasteiger partial charge in [-0.3, -0.25) is 0 Å². The van der Waals surface area contributed by atoms with Gasteiger partial charge in [0, 0.05) is 15.6 Å². The molecule has 2 atom stereocenters. The summed E-state index contributed by atoms with van der Waals surface area (Å²) < 4.78 is 29.3. The number of hydrogen-bond donors (Lipinski definition) is 1. The van der Waals surface area contributed by atoms with Gasteiger partial charge < -0.3 is 9.64 Å². The summed E-state index contributed by atoms with van der Waals surface area (Å²) >= 11 is 12.6. The molecule has 0 fully saturated rings. The van der Waals surface area contributed by atoms with Gasteiger partial charge in [0.2, 0.25) is 10.0 Å². The monoisotopic (exact) mass is 414 g/mol. The normalized spacial score (nSPS) is 19.7. The van der Waals surface area contributed by atoms with E-state index in [9.17, 15) is 8.42 Å². The van der Waals surface area contributed by atoms with Crippen molar-refractivity contribution in [2.24, 2.45) is 5.14 Å². The first-order valence-electron chi connectivity index (χ1n) is 8.02. The fourth-order valence-corrected chi connectivity index (χ4v) is 4.46. The van der Waals surface area contributed by atoms with E-state index in [0.29, 0.717) is 21.4 Å². The second-order valence-corrected chi connectivity index (χ2v) is 9.11. The Kier molecular flexibility index (Phi) is 5.25. The van der Waals surface area contributed by atoms with Crippen molar-refractivity contribution in [1.82, 2.24) is 4.90 Å². The zero-order valence-electron chi connectivity index (χ0n) is 14.7. The van der Waals surface area contributed by atoms with Crippen molar-refractivity contribution >= 4 is 33.2 Å². The lowest BCUT2D eigenvalue weighted by atomic mass is 10.1. The molecule has 2 aromatic rings. The van der Waals surface area contributed by atoms with Crippen LogP contribution in [0.15, 0.2) is 35.2 Å². The van der Waals surface area contributed by atoms with Crippen LogP contribution in [0.5, 0.6) is 5.75 Å². The fourth-order valence-electron chi connectivity index (χ4n) is 3.28. The molecule has 140 valence electrons. The first-order chi connectivity index (χ1) is 12.1. The van der Waals surface area contributed by atoms with Crippen LogP contribution in [0, 0.1) is 6.92 Å². The van der Waals surface area contributed by atoms with Crippen LogP contribution in [0.2, 0.25) is 10.0 Å². The molecular weight excluding hydrogens is 395 g/mol. The van der Waals surface area contributed by atoms with E-state index in [1.54, 1.807) is 19.1 Å². The molecule has 3 rings (SSSR count). The Labute approximate surface area is 163 Å². The van der Waals surface area contributed by atoms with Gasteiger partial charge in [-0.25, -0.2) is 13.6 Å². The van der Waals surface area contributed by atoms with Crippen LogP contribution in [-0.2, 0) is 16.4 Å². The second-order valence-electron chi connectivity index (χ2n) is 6.70. The quantitative estimate of drug-likeness (QED) is 0.829. The number of hydrogen-bond acceptors (Lipinski definition) is 4. The Morgan fingerprint density at radius 1 is 1.19 bits per heavy atom. The molecule has 0 unspecified atom stereocenters. The molecule has 2 aromatic carbocycles. The van der Waals surface area contributed by atoms with Gasteiger partial charge >= 0.3 is 0 Å². The van der Waals surface area contributed by atoms with Crippen LogP contribution < -0.4 is 9.88 Å². The molecule has 0 spiro atoms. The van der Waals surface area contributed by atoms with Crippen LogP contribution >= 0.6 is 23.2 Å². The molecule has 1 aliphatic rings. The van der Waals surface area contributed by atoms with E-state index in [4.69, 9.17) is 33.1 Å². The van der Waals surface area contributed by atoms with Crippen LogP contribution in [0.1, 0.15) is 22.8 Å². The van der Waals surface area contributed by atoms with Crippen LogP contribution in [0.4, 0.5) is 0 Å². The van der Waals surface area contributed by atoms with Crippen molar-refractivity contribution in [2.45, 2.75) is 30.4 Å². The van der Waals surface area contributed by atoms with Crippen molar-refractivity contribution in [3.8, 4) is 5.75 Å². The summed E-state index contributed by atoms with van der Waals surface area (Å²) in [5, 5.41) is 6.38. The number of likely N-dealkylation sites (N-methyl/N-ethyl adjacent to an activating group) is 1. The van der Waals surface area contributed by atoms with Gasteiger partial charge in [-0.2, -0.15) is 0 Å². The first kappa shape index (κ1) is 19.5. The Bertz CT molecular complexity index is 961. The number of primary sulfonamides is 1. The summed E-state index contributed by atoms with van der Waals surface area (Å²) in [5.74, 6) is 0.596. The number of benzene rings is 2. The molecular formula is C18H20Cl2N2O3S. The van der Waals surface area contributed by atoms with Crippen molar-refractivity contribution in [3.05, 3.63) is 57.1 Å². The fraction of sp³-hybridized carbons (Fsp3) is 0.333. The third kappa shape index (κ3) is 3.70. The van der Waals surface area contributed by atoms with E-state index in [1.165, 1.54) is 12.1 Å². The van der Waals surface area contributed by atoms with Gasteiger partial charge in [-0.15, -0.1) is 0 Å². The number of fused-ring (bicyclic) bond motifs is 1. The molecule has 0 radical (unpaired) electrons. The lowest BCUT2D eigenvalue weighted by molar-refractivity contribution is 0.110. The van der Waals surface area contributed by atoms with Gasteiger partial charge in [0.15, 0.2) is 0 Å². The van der Waals surface area contributed by atoms with E-state index < -0.39 is 10.0 Å². The maximum Gasteiger partial charge on any atom is 0.238 e. The van der Waals surface area contributed by atoms with E-state index in [2.05, 4.69) is 4.90 Å². The molecule has 0 heterocycles. The zero-order chi connectivity index (χ0) is 19.2. The first-order valence-corrected chi connectivity index (χ1v) is 10.3. The Morgan fingerprint density at radius 2 is 1.88 bits per heavy atom. The Balaban J connectivity index is 2.01. The third-order valence-electron chi connectivity index (χ3n) is 4.66. The predicted molar refractivity (Wildman–Crippen MR) is 104 cm³/mol. The SMILES string of the molecule is Cc1cc(S(N)(=O)=O)ccc1O[C@H]1c2cc(Cl)cc(Cl)c2C[C@@H]1N(C)C. The molecule has 1 aliphatic carbocycles. The molecule has 0 bridgehead atoms. The number of halogens is 2. The summed E-state index contributed by atoms with van der Waals surface area (Å²) in [5.41, 5.74) is 2.67. The van der Waals surface area contributed by atoms with Gasteiger partial charge in [-0.05, 0) is 68.9 Å². The highest BCUT2D eigenvalue weighted by atomic mass is 35.5. The lowest BCUT2D eigenvalue weighted by Crippen LogP contribution is -2.34. The minimum absolute atomic E-state index is 0.0596. The summed E-state index contributed by atoms with van der Waals surface area (Å²) in [7, 11) is 0.219. The molecule has 26 heavy (non-hydrogen) atoms. The number of sulfonamides is 1. The van der Waals surface area contributed by atoms with Crippen molar-refractivity contribution in [2.75, 3.05) is 14.1 Å². The molecule has 0 aromatic heterocycles. The second kappa shape index (κ2) is 7.02. The van der Waals surface area contributed by atoms with Crippen LogP contribution in [0.25, 0.3) is 0 Å². The molecule has 5 nitrogen and oxygen atoms in total. The average molecular weight is 415 g/mol. The molecule has 0 amide bonds. The Hall–Kier alpha value is -1.31. The minimum Gasteiger partial charge on any atom is -0.484 e. The van der Waals surface area contributed by atoms with Crippen LogP contribution in [0.3, 0.4) is 0 Å². The maximum atomic E-state index is 11.5. The highest BCUT2D eigenvalue weighted by Gasteiger charge is 2.37. The summed E-state index contributed by atoms with van der Waals surface area (Å²) in [6, 6.07) is 8.29. The number of nitrogens with two attached hydrogens (primary N) is 1. The summed E-state index contributed by atoms with van der Waals surface area (Å²) in [6.45, 7) is 1.79. The van der Waals surface area contributed by atoms with E-state index in [-0.39, 0.29) is 17.0 Å². The standard InChI is InChI=1S/C18H20Cl2N2O3S/c1-10-6-12(26(21,23)24)4-5-17(10)25-18-14-7-11(19)8-15(20)13(14)9-16(18)22(2)3/h4-8,16,18H,9H2,1-3H3,(H2,21,23,24)/t16-,18-/m0/s1. The van der Waals surface area contributed by atoms with E-state index >= 15 is 0 Å². The zero-order valence-corrected chi connectivity index (χ0v) is 17.0. The maximum absolute atomic E-state index is 11.5. The van der Waals surface area contributed by atoms with Gasteiger partial charge in [-0.1, -0.05) is 23.2 Å².